The van der Waals surface area contributed by atoms with Crippen LogP contribution in [0.25, 0.3) is 11.0 Å². The van der Waals surface area contributed by atoms with Crippen LogP contribution < -0.4 is 9.47 Å². The molecule has 3 heterocycles. The molecule has 4 rings (SSSR count). The Kier molecular flexibility index (Phi) is 6.10. The van der Waals surface area contributed by atoms with Crippen molar-refractivity contribution in [1.29, 1.82) is 0 Å². The van der Waals surface area contributed by atoms with E-state index >= 15 is 0 Å². The van der Waals surface area contributed by atoms with Gasteiger partial charge in [0.15, 0.2) is 5.65 Å². The van der Waals surface area contributed by atoms with Gasteiger partial charge < -0.3 is 19.1 Å². The number of halogens is 1. The summed E-state index contributed by atoms with van der Waals surface area (Å²) in [5.41, 5.74) is 0.169. The van der Waals surface area contributed by atoms with Gasteiger partial charge in [-0.05, 0) is 45.7 Å². The summed E-state index contributed by atoms with van der Waals surface area (Å²) in [5, 5.41) is 5.65. The highest BCUT2D eigenvalue weighted by Gasteiger charge is 2.29. The molecule has 1 amide bonds. The topological polar surface area (TPSA) is 91.6 Å². The van der Waals surface area contributed by atoms with Gasteiger partial charge in [0.25, 0.3) is 0 Å². The van der Waals surface area contributed by atoms with Crippen molar-refractivity contribution in [2.75, 3.05) is 20.2 Å². The molecule has 32 heavy (non-hydrogen) atoms. The summed E-state index contributed by atoms with van der Waals surface area (Å²) in [7, 11) is 1.58. The van der Waals surface area contributed by atoms with E-state index in [1.807, 2.05) is 25.5 Å². The number of piperidine rings is 1. The Morgan fingerprint density at radius 3 is 2.59 bits per heavy atom. The fourth-order valence-electron chi connectivity index (χ4n) is 3.60. The molecule has 1 fully saturated rings. The van der Waals surface area contributed by atoms with Crippen LogP contribution in [0.15, 0.2) is 30.7 Å². The Hall–Kier alpha value is -3.07. The van der Waals surface area contributed by atoms with Gasteiger partial charge in [-0.1, -0.05) is 11.6 Å². The minimum absolute atomic E-state index is 0.110. The number of hydrogen-bond donors (Lipinski definition) is 0. The zero-order valence-electron chi connectivity index (χ0n) is 18.5. The lowest BCUT2D eigenvalue weighted by molar-refractivity contribution is 0.0186. The van der Waals surface area contributed by atoms with Gasteiger partial charge in [0.05, 0.1) is 24.4 Å². The van der Waals surface area contributed by atoms with Crippen LogP contribution in [0.5, 0.6) is 17.4 Å². The largest absolute Gasteiger partial charge is 0.497 e. The van der Waals surface area contributed by atoms with E-state index in [0.29, 0.717) is 46.5 Å². The number of aromatic nitrogens is 4. The van der Waals surface area contributed by atoms with Crippen LogP contribution in [0.3, 0.4) is 0 Å². The van der Waals surface area contributed by atoms with Gasteiger partial charge in [-0.15, -0.1) is 0 Å². The van der Waals surface area contributed by atoms with Gasteiger partial charge in [0.1, 0.15) is 28.8 Å². The average molecular weight is 460 g/mol. The number of benzene rings is 1. The van der Waals surface area contributed by atoms with E-state index in [0.717, 1.165) is 12.8 Å². The maximum absolute atomic E-state index is 12.3. The molecule has 3 aromatic rings. The Morgan fingerprint density at radius 1 is 1.19 bits per heavy atom. The first-order valence-corrected chi connectivity index (χ1v) is 10.8. The molecule has 1 aliphatic heterocycles. The highest BCUT2D eigenvalue weighted by atomic mass is 35.5. The number of carbonyl (C=O) groups excluding carboxylic acids is 1. The number of carbonyl (C=O) groups is 1. The summed E-state index contributed by atoms with van der Waals surface area (Å²) < 4.78 is 18.5. The van der Waals surface area contributed by atoms with Gasteiger partial charge in [-0.3, -0.25) is 0 Å². The third-order valence-corrected chi connectivity index (χ3v) is 5.46. The zero-order chi connectivity index (χ0) is 22.9. The molecule has 0 saturated carbocycles. The van der Waals surface area contributed by atoms with Gasteiger partial charge in [-0.2, -0.15) is 5.10 Å². The second-order valence-electron chi connectivity index (χ2n) is 8.60. The standard InChI is InChI=1S/C22H26ClN5O4/c1-22(2,3)32-21(29)27-9-7-14(8-10-27)28-19-16(12-26-28)20(25-13-24-19)31-18-6-5-15(30-4)11-17(18)23/h5-6,11-14H,7-10H2,1-4H3. The molecule has 0 atom stereocenters. The Labute approximate surface area is 191 Å². The van der Waals surface area contributed by atoms with Crippen molar-refractivity contribution in [2.45, 2.75) is 45.3 Å². The molecule has 0 N–H and O–H groups in total. The van der Waals surface area contributed by atoms with Gasteiger partial charge in [-0.25, -0.2) is 19.4 Å². The molecule has 0 spiro atoms. The molecule has 1 saturated heterocycles. The minimum Gasteiger partial charge on any atom is -0.497 e. The number of nitrogens with zero attached hydrogens (tertiary/aromatic N) is 5. The van der Waals surface area contributed by atoms with Crippen molar-refractivity contribution in [3.8, 4) is 17.4 Å². The van der Waals surface area contributed by atoms with Gasteiger partial charge in [0.2, 0.25) is 5.88 Å². The van der Waals surface area contributed by atoms with Crippen LogP contribution >= 0.6 is 11.6 Å². The lowest BCUT2D eigenvalue weighted by Crippen LogP contribution is -2.42. The van der Waals surface area contributed by atoms with E-state index in [2.05, 4.69) is 15.1 Å². The first-order valence-electron chi connectivity index (χ1n) is 10.4. The Morgan fingerprint density at radius 2 is 1.94 bits per heavy atom. The maximum atomic E-state index is 12.3. The zero-order valence-corrected chi connectivity index (χ0v) is 19.3. The van der Waals surface area contributed by atoms with Gasteiger partial charge >= 0.3 is 6.09 Å². The number of hydrogen-bond acceptors (Lipinski definition) is 7. The van der Waals surface area contributed by atoms with Crippen LogP contribution in [-0.4, -0.2) is 56.5 Å². The maximum Gasteiger partial charge on any atom is 0.410 e. The molecule has 10 heteroatoms. The molecule has 170 valence electrons. The summed E-state index contributed by atoms with van der Waals surface area (Å²) in [4.78, 5) is 22.8. The SMILES string of the molecule is COc1ccc(Oc2ncnc3c2cnn3C2CCN(C(=O)OC(C)(C)C)CC2)c(Cl)c1. The van der Waals surface area contributed by atoms with Crippen molar-refractivity contribution in [3.63, 3.8) is 0 Å². The average Bonchev–Trinajstić information content (AvgIpc) is 3.19. The molecule has 9 nitrogen and oxygen atoms in total. The van der Waals surface area contributed by atoms with E-state index in [4.69, 9.17) is 25.8 Å². The lowest BCUT2D eigenvalue weighted by atomic mass is 10.1. The summed E-state index contributed by atoms with van der Waals surface area (Å²) >= 11 is 6.30. The fourth-order valence-corrected chi connectivity index (χ4v) is 3.81. The smallest absolute Gasteiger partial charge is 0.410 e. The van der Waals surface area contributed by atoms with Crippen molar-refractivity contribution in [3.05, 3.63) is 35.7 Å². The highest BCUT2D eigenvalue weighted by Crippen LogP contribution is 2.35. The van der Waals surface area contributed by atoms with Crippen molar-refractivity contribution in [2.24, 2.45) is 0 Å². The third-order valence-electron chi connectivity index (χ3n) is 5.16. The Bertz CT molecular complexity index is 1120. The fraction of sp³-hybridized carbons (Fsp3) is 0.455. The van der Waals surface area contributed by atoms with E-state index in [1.165, 1.54) is 6.33 Å². The molecular weight excluding hydrogens is 434 g/mol. The molecule has 2 aromatic heterocycles. The second kappa shape index (κ2) is 8.82. The number of methoxy groups -OCH3 is 1. The minimum atomic E-state index is -0.508. The van der Waals surface area contributed by atoms with E-state index < -0.39 is 5.60 Å². The third kappa shape index (κ3) is 4.72. The predicted octanol–water partition coefficient (Wildman–Crippen LogP) is 4.85. The summed E-state index contributed by atoms with van der Waals surface area (Å²) in [6.45, 7) is 6.79. The lowest BCUT2D eigenvalue weighted by Gasteiger charge is -2.33. The molecule has 1 aromatic carbocycles. The van der Waals surface area contributed by atoms with Gasteiger partial charge in [0, 0.05) is 19.2 Å². The molecule has 0 unspecified atom stereocenters. The molecule has 0 bridgehead atoms. The van der Waals surface area contributed by atoms with Crippen molar-refractivity contribution in [1.82, 2.24) is 24.6 Å². The van der Waals surface area contributed by atoms with E-state index in [1.54, 1.807) is 36.4 Å². The molecule has 1 aliphatic rings. The Balaban J connectivity index is 1.50. The number of likely N-dealkylation sites (tertiary alicyclic amines) is 1. The number of amides is 1. The van der Waals surface area contributed by atoms with Crippen molar-refractivity contribution < 1.29 is 19.0 Å². The highest BCUT2D eigenvalue weighted by molar-refractivity contribution is 6.32. The van der Waals surface area contributed by atoms with Crippen LogP contribution in [0, 0.1) is 0 Å². The summed E-state index contributed by atoms with van der Waals surface area (Å²) in [6, 6.07) is 5.28. The summed E-state index contributed by atoms with van der Waals surface area (Å²) in [6.07, 6.45) is 4.36. The molecule has 0 radical (unpaired) electrons. The number of rotatable bonds is 4. The first-order chi connectivity index (χ1) is 15.2. The monoisotopic (exact) mass is 459 g/mol. The van der Waals surface area contributed by atoms with E-state index in [9.17, 15) is 4.79 Å². The second-order valence-corrected chi connectivity index (χ2v) is 9.01. The quantitative estimate of drug-likeness (QED) is 0.550. The van der Waals surface area contributed by atoms with Crippen molar-refractivity contribution >= 4 is 28.7 Å². The van der Waals surface area contributed by atoms with Crippen LogP contribution in [0.4, 0.5) is 4.79 Å². The molecule has 0 aliphatic carbocycles. The normalized spacial score (nSPS) is 15.1. The summed E-state index contributed by atoms with van der Waals surface area (Å²) in [5.74, 6) is 1.48. The number of fused-ring (bicyclic) bond motifs is 1. The van der Waals surface area contributed by atoms with Crippen LogP contribution in [0.2, 0.25) is 5.02 Å². The first kappa shape index (κ1) is 22.1. The van der Waals surface area contributed by atoms with Crippen LogP contribution in [0.1, 0.15) is 39.7 Å². The van der Waals surface area contributed by atoms with Crippen LogP contribution in [-0.2, 0) is 4.74 Å². The number of ether oxygens (including phenoxy) is 3. The molecular formula is C22H26ClN5O4. The predicted molar refractivity (Wildman–Crippen MR) is 119 cm³/mol. The van der Waals surface area contributed by atoms with E-state index in [-0.39, 0.29) is 12.1 Å².